The number of anilines is 1. The minimum Gasteiger partial charge on any atom is -0.384 e. The molecule has 0 bridgehead atoms. The molecule has 0 spiro atoms. The molecule has 0 aliphatic carbocycles. The fourth-order valence-electron chi connectivity index (χ4n) is 1.33. The van der Waals surface area contributed by atoms with E-state index in [9.17, 15) is 9.59 Å². The molecule has 2 rings (SSSR count). The first-order valence-corrected chi connectivity index (χ1v) is 4.67. The summed E-state index contributed by atoms with van der Waals surface area (Å²) in [7, 11) is 0. The molecule has 0 aliphatic rings. The smallest absolute Gasteiger partial charge is 0.265 e. The van der Waals surface area contributed by atoms with Gasteiger partial charge in [0.2, 0.25) is 0 Å². The zero-order valence-corrected chi connectivity index (χ0v) is 8.38. The number of nitrogens with one attached hydrogen (secondary N) is 1. The van der Waals surface area contributed by atoms with E-state index in [2.05, 4.69) is 10.1 Å². The number of aromatic nitrogens is 3. The molecule has 82 valence electrons. The lowest BCUT2D eigenvalue weighted by Gasteiger charge is -2.04. The van der Waals surface area contributed by atoms with E-state index in [4.69, 9.17) is 5.73 Å². The van der Waals surface area contributed by atoms with Gasteiger partial charge in [-0.15, -0.1) is 0 Å². The van der Waals surface area contributed by atoms with Gasteiger partial charge in [-0.3, -0.25) is 14.7 Å². The van der Waals surface area contributed by atoms with E-state index >= 15 is 0 Å². The fraction of sp³-hybridized carbons (Fsp3) is 0.100. The quantitative estimate of drug-likeness (QED) is 0.714. The van der Waals surface area contributed by atoms with Crippen LogP contribution >= 0.6 is 0 Å². The van der Waals surface area contributed by atoms with Crippen LogP contribution in [-0.4, -0.2) is 14.8 Å². The maximum Gasteiger partial charge on any atom is 0.265 e. The summed E-state index contributed by atoms with van der Waals surface area (Å²) in [4.78, 5) is 26.5. The molecule has 0 saturated heterocycles. The van der Waals surface area contributed by atoms with E-state index in [1.54, 1.807) is 18.2 Å². The highest BCUT2D eigenvalue weighted by Gasteiger charge is 2.00. The SMILES string of the molecule is Nc1cccc(Cn2[nH]c(=O)ccc2=O)n1. The third-order valence-corrected chi connectivity index (χ3v) is 2.04. The minimum absolute atomic E-state index is 0.194. The Bertz CT molecular complexity index is 614. The van der Waals surface area contributed by atoms with Crippen LogP contribution in [0.25, 0.3) is 0 Å². The second-order valence-corrected chi connectivity index (χ2v) is 3.29. The normalized spacial score (nSPS) is 10.2. The summed E-state index contributed by atoms with van der Waals surface area (Å²) in [5.74, 6) is 0.379. The van der Waals surface area contributed by atoms with E-state index in [-0.39, 0.29) is 17.7 Å². The van der Waals surface area contributed by atoms with Gasteiger partial charge in [0.05, 0.1) is 12.2 Å². The molecule has 0 aliphatic heterocycles. The van der Waals surface area contributed by atoms with Gasteiger partial charge >= 0.3 is 0 Å². The predicted molar refractivity (Wildman–Crippen MR) is 59.1 cm³/mol. The molecule has 3 N–H and O–H groups in total. The first-order valence-electron chi connectivity index (χ1n) is 4.67. The molecule has 2 heterocycles. The highest BCUT2D eigenvalue weighted by atomic mass is 16.1. The molecule has 0 atom stereocenters. The van der Waals surface area contributed by atoms with Crippen LogP contribution in [0.1, 0.15) is 5.69 Å². The average Bonchev–Trinajstić information content (AvgIpc) is 2.24. The van der Waals surface area contributed by atoms with Gasteiger partial charge in [0.1, 0.15) is 5.82 Å². The van der Waals surface area contributed by atoms with Crippen molar-refractivity contribution in [1.82, 2.24) is 14.8 Å². The van der Waals surface area contributed by atoms with Crippen LogP contribution in [0.4, 0.5) is 5.82 Å². The predicted octanol–water partition coefficient (Wildman–Crippen LogP) is -0.438. The highest BCUT2D eigenvalue weighted by molar-refractivity contribution is 5.28. The summed E-state index contributed by atoms with van der Waals surface area (Å²) in [5, 5.41) is 2.41. The van der Waals surface area contributed by atoms with Crippen LogP contribution in [0.2, 0.25) is 0 Å². The number of aromatic amines is 1. The van der Waals surface area contributed by atoms with Crippen LogP contribution in [-0.2, 0) is 6.54 Å². The van der Waals surface area contributed by atoms with Gasteiger partial charge in [-0.25, -0.2) is 9.67 Å². The van der Waals surface area contributed by atoms with Crippen molar-refractivity contribution in [2.45, 2.75) is 6.54 Å². The number of nitrogens with two attached hydrogens (primary N) is 1. The number of rotatable bonds is 2. The summed E-state index contributed by atoms with van der Waals surface area (Å²) in [6.07, 6.45) is 0. The lowest BCUT2D eigenvalue weighted by Crippen LogP contribution is -2.28. The monoisotopic (exact) mass is 218 g/mol. The molecule has 0 unspecified atom stereocenters. The van der Waals surface area contributed by atoms with E-state index < -0.39 is 0 Å². The topological polar surface area (TPSA) is 93.8 Å². The van der Waals surface area contributed by atoms with Gasteiger partial charge in [0, 0.05) is 12.1 Å². The number of nitrogen functional groups attached to an aromatic ring is 1. The molecule has 16 heavy (non-hydrogen) atoms. The van der Waals surface area contributed by atoms with Gasteiger partial charge in [-0.05, 0) is 12.1 Å². The van der Waals surface area contributed by atoms with Gasteiger partial charge in [0.15, 0.2) is 0 Å². The van der Waals surface area contributed by atoms with Gasteiger partial charge < -0.3 is 5.73 Å². The summed E-state index contributed by atoms with van der Waals surface area (Å²) in [6, 6.07) is 7.52. The molecule has 0 fully saturated rings. The number of nitrogens with zero attached hydrogens (tertiary/aromatic N) is 2. The molecule has 6 heteroatoms. The van der Waals surface area contributed by atoms with Crippen LogP contribution in [0.3, 0.4) is 0 Å². The van der Waals surface area contributed by atoms with Crippen LogP contribution < -0.4 is 16.9 Å². The molecule has 0 saturated carbocycles. The van der Waals surface area contributed by atoms with Gasteiger partial charge in [-0.2, -0.15) is 0 Å². The minimum atomic E-state index is -0.330. The maximum atomic E-state index is 11.4. The molecule has 0 radical (unpaired) electrons. The molecule has 0 aromatic carbocycles. The largest absolute Gasteiger partial charge is 0.384 e. The first kappa shape index (κ1) is 10.2. The number of hydrogen-bond donors (Lipinski definition) is 2. The van der Waals surface area contributed by atoms with Gasteiger partial charge in [-0.1, -0.05) is 6.07 Å². The van der Waals surface area contributed by atoms with Crippen molar-refractivity contribution in [2.24, 2.45) is 0 Å². The van der Waals surface area contributed by atoms with E-state index in [0.29, 0.717) is 11.5 Å². The van der Waals surface area contributed by atoms with Crippen molar-refractivity contribution in [1.29, 1.82) is 0 Å². The Kier molecular flexibility index (Phi) is 2.55. The standard InChI is InChI=1S/C10H10N4O2/c11-8-3-1-2-7(12-8)6-14-10(16)5-4-9(15)13-14/h1-5H,6H2,(H2,11,12)(H,13,15). The second kappa shape index (κ2) is 4.01. The zero-order chi connectivity index (χ0) is 11.5. The number of hydrogen-bond acceptors (Lipinski definition) is 4. The lowest BCUT2D eigenvalue weighted by molar-refractivity contribution is 0.617. The summed E-state index contributed by atoms with van der Waals surface area (Å²) < 4.78 is 1.18. The van der Waals surface area contributed by atoms with Gasteiger partial charge in [0.25, 0.3) is 11.1 Å². The molecular formula is C10H10N4O2. The fourth-order valence-corrected chi connectivity index (χ4v) is 1.33. The lowest BCUT2D eigenvalue weighted by atomic mass is 10.3. The molecule has 2 aromatic rings. The maximum absolute atomic E-state index is 11.4. The Balaban J connectivity index is 2.37. The van der Waals surface area contributed by atoms with Crippen molar-refractivity contribution in [2.75, 3.05) is 5.73 Å². The van der Waals surface area contributed by atoms with E-state index in [0.717, 1.165) is 0 Å². The highest BCUT2D eigenvalue weighted by Crippen LogP contribution is 2.00. The van der Waals surface area contributed by atoms with Crippen molar-refractivity contribution >= 4 is 5.82 Å². The van der Waals surface area contributed by atoms with E-state index in [1.165, 1.54) is 16.8 Å². The Hall–Kier alpha value is -2.37. The molecule has 6 nitrogen and oxygen atoms in total. The van der Waals surface area contributed by atoms with Crippen molar-refractivity contribution in [3.63, 3.8) is 0 Å². The second-order valence-electron chi connectivity index (χ2n) is 3.29. The van der Waals surface area contributed by atoms with Crippen molar-refractivity contribution in [3.05, 3.63) is 56.7 Å². The molecular weight excluding hydrogens is 208 g/mol. The number of pyridine rings is 1. The third kappa shape index (κ3) is 2.17. The van der Waals surface area contributed by atoms with Crippen LogP contribution in [0.5, 0.6) is 0 Å². The summed E-state index contributed by atoms with van der Waals surface area (Å²) in [6.45, 7) is 0.194. The Morgan fingerprint density at radius 2 is 2.06 bits per heavy atom. The zero-order valence-electron chi connectivity index (χ0n) is 8.38. The van der Waals surface area contributed by atoms with Crippen LogP contribution in [0, 0.1) is 0 Å². The van der Waals surface area contributed by atoms with Crippen LogP contribution in [0.15, 0.2) is 39.9 Å². The molecule has 2 aromatic heterocycles. The third-order valence-electron chi connectivity index (χ3n) is 2.04. The Morgan fingerprint density at radius 1 is 1.25 bits per heavy atom. The van der Waals surface area contributed by atoms with Crippen molar-refractivity contribution < 1.29 is 0 Å². The first-order chi connectivity index (χ1) is 7.65. The average molecular weight is 218 g/mol. The Morgan fingerprint density at radius 3 is 2.81 bits per heavy atom. The van der Waals surface area contributed by atoms with Crippen molar-refractivity contribution in [3.8, 4) is 0 Å². The van der Waals surface area contributed by atoms with E-state index in [1.807, 2.05) is 0 Å². The Labute approximate surface area is 90.4 Å². The summed E-state index contributed by atoms with van der Waals surface area (Å²) in [5.41, 5.74) is 5.51. The summed E-state index contributed by atoms with van der Waals surface area (Å²) >= 11 is 0. The number of H-pyrrole nitrogens is 1. The molecule has 0 amide bonds.